The number of rotatable bonds is 10. The van der Waals surface area contributed by atoms with Crippen LogP contribution in [0.5, 0.6) is 11.5 Å². The van der Waals surface area contributed by atoms with Crippen LogP contribution in [0.25, 0.3) is 0 Å². The van der Waals surface area contributed by atoms with Crippen LogP contribution in [-0.2, 0) is 9.84 Å². The lowest BCUT2D eigenvalue weighted by Crippen LogP contribution is -2.47. The maximum atomic E-state index is 13.6. The van der Waals surface area contributed by atoms with Crippen molar-refractivity contribution in [1.29, 1.82) is 0 Å². The Bertz CT molecular complexity index is 1010. The van der Waals surface area contributed by atoms with E-state index in [1.54, 1.807) is 18.2 Å². The Labute approximate surface area is 190 Å². The third kappa shape index (κ3) is 7.05. The van der Waals surface area contributed by atoms with E-state index in [0.717, 1.165) is 44.9 Å². The number of hydrogen-bond donors (Lipinski definition) is 0. The molecule has 0 spiro atoms. The first-order chi connectivity index (χ1) is 15.7. The minimum atomic E-state index is -5.40. The van der Waals surface area contributed by atoms with Gasteiger partial charge in [0.15, 0.2) is 11.6 Å². The normalized spacial score (nSPS) is 16.0. The van der Waals surface area contributed by atoms with E-state index in [2.05, 4.69) is 9.80 Å². The van der Waals surface area contributed by atoms with Crippen LogP contribution in [-0.4, -0.2) is 76.2 Å². The molecule has 1 heterocycles. The van der Waals surface area contributed by atoms with Gasteiger partial charge < -0.3 is 14.4 Å². The van der Waals surface area contributed by atoms with Crippen LogP contribution >= 0.6 is 0 Å². The summed E-state index contributed by atoms with van der Waals surface area (Å²) in [7, 11) is -5.40. The molecule has 0 radical (unpaired) electrons. The highest BCUT2D eigenvalue weighted by Crippen LogP contribution is 2.31. The fraction of sp³-hybridized carbons (Fsp3) is 0.455. The molecule has 0 N–H and O–H groups in total. The minimum Gasteiger partial charge on any atom is -0.494 e. The van der Waals surface area contributed by atoms with Crippen LogP contribution in [0.2, 0.25) is 0 Å². The van der Waals surface area contributed by atoms with Crippen molar-refractivity contribution in [2.75, 3.05) is 52.5 Å². The second-order valence-corrected chi connectivity index (χ2v) is 9.53. The molecule has 1 aliphatic heterocycles. The van der Waals surface area contributed by atoms with Gasteiger partial charge in [-0.15, -0.1) is 0 Å². The molecule has 0 amide bonds. The van der Waals surface area contributed by atoms with Gasteiger partial charge in [0.25, 0.3) is 9.84 Å². The van der Waals surface area contributed by atoms with E-state index in [0.29, 0.717) is 19.6 Å². The van der Waals surface area contributed by atoms with E-state index in [4.69, 9.17) is 9.47 Å². The Morgan fingerprint density at radius 3 is 2.18 bits per heavy atom. The van der Waals surface area contributed by atoms with Crippen LogP contribution in [0.3, 0.4) is 0 Å². The average molecular weight is 491 g/mol. The van der Waals surface area contributed by atoms with Crippen LogP contribution < -0.4 is 9.47 Å². The number of para-hydroxylation sites is 1. The Morgan fingerprint density at radius 1 is 0.848 bits per heavy atom. The van der Waals surface area contributed by atoms with Crippen LogP contribution in [0.1, 0.15) is 6.42 Å². The summed E-state index contributed by atoms with van der Waals surface area (Å²) in [5.41, 5.74) is -5.35. The lowest BCUT2D eigenvalue weighted by atomic mass is 10.3. The predicted octanol–water partition coefficient (Wildman–Crippen LogP) is 3.58. The molecule has 11 heteroatoms. The Kier molecular flexibility index (Phi) is 8.55. The molecule has 2 aromatic carbocycles. The molecule has 0 atom stereocenters. The summed E-state index contributed by atoms with van der Waals surface area (Å²) >= 11 is 0. The smallest absolute Gasteiger partial charge is 0.494 e. The maximum Gasteiger partial charge on any atom is 0.501 e. The SMILES string of the molecule is O=S(=O)(c1cccc(OCCCN2CCN(CCOc3ccccc3F)CC2)c1)C(F)(F)F. The molecule has 1 aliphatic rings. The van der Waals surface area contributed by atoms with Gasteiger partial charge in [-0.3, -0.25) is 4.90 Å². The van der Waals surface area contributed by atoms with Crippen molar-refractivity contribution in [1.82, 2.24) is 9.80 Å². The summed E-state index contributed by atoms with van der Waals surface area (Å²) in [4.78, 5) is 3.66. The van der Waals surface area contributed by atoms with Gasteiger partial charge in [0.1, 0.15) is 12.4 Å². The molecule has 33 heavy (non-hydrogen) atoms. The fourth-order valence-corrected chi connectivity index (χ4v) is 4.22. The maximum absolute atomic E-state index is 13.6. The van der Waals surface area contributed by atoms with Crippen molar-refractivity contribution in [3.8, 4) is 11.5 Å². The number of ether oxygens (including phenoxy) is 2. The molecule has 0 unspecified atom stereocenters. The zero-order chi connectivity index (χ0) is 23.9. The first-order valence-electron chi connectivity index (χ1n) is 10.5. The number of alkyl halides is 3. The summed E-state index contributed by atoms with van der Waals surface area (Å²) in [5.74, 6) is -0.0454. The van der Waals surface area contributed by atoms with Gasteiger partial charge in [-0.1, -0.05) is 18.2 Å². The van der Waals surface area contributed by atoms with Crippen molar-refractivity contribution < 1.29 is 35.5 Å². The molecule has 0 aliphatic carbocycles. The average Bonchev–Trinajstić information content (AvgIpc) is 2.78. The van der Waals surface area contributed by atoms with Crippen molar-refractivity contribution in [3.05, 3.63) is 54.3 Å². The standard InChI is InChI=1S/C22H26F4N2O4S/c23-20-7-1-2-8-21(20)32-16-14-28-12-10-27(11-13-28)9-4-15-31-18-5-3-6-19(17-18)33(29,30)22(24,25)26/h1-3,5-8,17H,4,9-16H2. The molecule has 0 saturated carbocycles. The summed E-state index contributed by atoms with van der Waals surface area (Å²) in [6, 6.07) is 10.7. The zero-order valence-corrected chi connectivity index (χ0v) is 18.7. The molecule has 1 saturated heterocycles. The summed E-state index contributed by atoms with van der Waals surface area (Å²) in [6.45, 7) is 5.49. The van der Waals surface area contributed by atoms with Crippen LogP contribution in [0, 0.1) is 5.82 Å². The molecule has 0 aromatic heterocycles. The second kappa shape index (κ2) is 11.2. The quantitative estimate of drug-likeness (QED) is 0.375. The van der Waals surface area contributed by atoms with Crippen molar-refractivity contribution in [3.63, 3.8) is 0 Å². The predicted molar refractivity (Wildman–Crippen MR) is 115 cm³/mol. The van der Waals surface area contributed by atoms with Gasteiger partial charge >= 0.3 is 5.51 Å². The van der Waals surface area contributed by atoms with E-state index in [1.165, 1.54) is 18.2 Å². The van der Waals surface area contributed by atoms with Gasteiger partial charge in [-0.2, -0.15) is 13.2 Å². The highest BCUT2D eigenvalue weighted by Gasteiger charge is 2.46. The summed E-state index contributed by atoms with van der Waals surface area (Å²) in [5, 5.41) is 0. The lowest BCUT2D eigenvalue weighted by molar-refractivity contribution is -0.0436. The highest BCUT2D eigenvalue weighted by atomic mass is 32.2. The van der Waals surface area contributed by atoms with Crippen molar-refractivity contribution in [2.24, 2.45) is 0 Å². The number of nitrogens with zero attached hydrogens (tertiary/aromatic N) is 2. The van der Waals surface area contributed by atoms with Crippen molar-refractivity contribution in [2.45, 2.75) is 16.8 Å². The fourth-order valence-electron chi connectivity index (χ4n) is 3.43. The van der Waals surface area contributed by atoms with E-state index < -0.39 is 20.2 Å². The van der Waals surface area contributed by atoms with E-state index >= 15 is 0 Å². The Hall–Kier alpha value is -2.37. The molecule has 3 rings (SSSR count). The third-order valence-corrected chi connectivity index (χ3v) is 6.76. The zero-order valence-electron chi connectivity index (χ0n) is 17.9. The number of hydrogen-bond acceptors (Lipinski definition) is 6. The molecular weight excluding hydrogens is 464 g/mol. The Balaban J connectivity index is 1.33. The molecule has 2 aromatic rings. The topological polar surface area (TPSA) is 59.1 Å². The van der Waals surface area contributed by atoms with Gasteiger partial charge in [0.2, 0.25) is 0 Å². The Morgan fingerprint density at radius 2 is 1.52 bits per heavy atom. The number of benzene rings is 2. The molecule has 1 fully saturated rings. The highest BCUT2D eigenvalue weighted by molar-refractivity contribution is 7.92. The molecular formula is C22H26F4N2O4S. The number of halogens is 4. The monoisotopic (exact) mass is 490 g/mol. The number of piperazine rings is 1. The lowest BCUT2D eigenvalue weighted by Gasteiger charge is -2.34. The summed E-state index contributed by atoms with van der Waals surface area (Å²) < 4.78 is 85.6. The van der Waals surface area contributed by atoms with Gasteiger partial charge in [0, 0.05) is 39.3 Å². The molecule has 0 bridgehead atoms. The molecule has 182 valence electrons. The minimum absolute atomic E-state index is 0.0833. The molecule has 6 nitrogen and oxygen atoms in total. The largest absolute Gasteiger partial charge is 0.501 e. The van der Waals surface area contributed by atoms with E-state index in [1.807, 2.05) is 0 Å². The van der Waals surface area contributed by atoms with Gasteiger partial charge in [-0.25, -0.2) is 12.8 Å². The first kappa shape index (κ1) is 25.3. The van der Waals surface area contributed by atoms with E-state index in [9.17, 15) is 26.0 Å². The third-order valence-electron chi connectivity index (χ3n) is 5.27. The van der Waals surface area contributed by atoms with Gasteiger partial charge in [0.05, 0.1) is 11.5 Å². The van der Waals surface area contributed by atoms with Crippen LogP contribution in [0.15, 0.2) is 53.4 Å². The van der Waals surface area contributed by atoms with Gasteiger partial charge in [-0.05, 0) is 36.8 Å². The first-order valence-corrected chi connectivity index (χ1v) is 12.0. The van der Waals surface area contributed by atoms with E-state index in [-0.39, 0.29) is 23.9 Å². The second-order valence-electron chi connectivity index (χ2n) is 7.59. The number of sulfone groups is 1. The van der Waals surface area contributed by atoms with Crippen LogP contribution in [0.4, 0.5) is 17.6 Å². The van der Waals surface area contributed by atoms with Crippen molar-refractivity contribution >= 4 is 9.84 Å². The summed E-state index contributed by atoms with van der Waals surface area (Å²) in [6.07, 6.45) is 0.645.